The first kappa shape index (κ1) is 20.9. The van der Waals surface area contributed by atoms with Crippen molar-refractivity contribution in [1.29, 1.82) is 0 Å². The fourth-order valence-electron chi connectivity index (χ4n) is 3.72. The highest BCUT2D eigenvalue weighted by Gasteiger charge is 2.36. The molecule has 0 saturated carbocycles. The van der Waals surface area contributed by atoms with Gasteiger partial charge < -0.3 is 18.9 Å². The molecule has 2 aromatic carbocycles. The lowest BCUT2D eigenvalue weighted by Gasteiger charge is -2.22. The Morgan fingerprint density at radius 1 is 1.16 bits per heavy atom. The van der Waals surface area contributed by atoms with Crippen molar-refractivity contribution in [3.8, 4) is 22.9 Å². The summed E-state index contributed by atoms with van der Waals surface area (Å²) in [5.74, 6) is 2.28. The van der Waals surface area contributed by atoms with Crippen LogP contribution in [0.5, 0.6) is 11.5 Å². The number of amides is 1. The van der Waals surface area contributed by atoms with Gasteiger partial charge in [-0.2, -0.15) is 4.98 Å². The summed E-state index contributed by atoms with van der Waals surface area (Å²) in [6.07, 6.45) is 1.18. The summed E-state index contributed by atoms with van der Waals surface area (Å²) in [6, 6.07) is 13.5. The van der Waals surface area contributed by atoms with E-state index in [2.05, 4.69) is 22.3 Å². The highest BCUT2D eigenvalue weighted by molar-refractivity contribution is 5.78. The van der Waals surface area contributed by atoms with Crippen molar-refractivity contribution in [3.05, 3.63) is 59.5 Å². The second-order valence-electron chi connectivity index (χ2n) is 8.05. The number of methoxy groups -OCH3 is 1. The van der Waals surface area contributed by atoms with Gasteiger partial charge in [0, 0.05) is 18.5 Å². The molecule has 4 rings (SSSR count). The fraction of sp³-hybridized carbons (Fsp3) is 0.375. The number of rotatable bonds is 7. The minimum Gasteiger partial charge on any atom is -0.493 e. The second kappa shape index (κ2) is 8.79. The molecule has 1 fully saturated rings. The standard InChI is InChI=1S/C24H27N3O4/c1-15(2)30-20-11-9-18(13-21(20)29-4)23-25-24(31-26-23)19-10-12-22(28)27(19)14-17-7-5-16(3)6-8-17/h5-9,11,13,15,19H,10,12,14H2,1-4H3. The third-order valence-electron chi connectivity index (χ3n) is 5.31. The Morgan fingerprint density at radius 3 is 2.65 bits per heavy atom. The van der Waals surface area contributed by atoms with E-state index in [1.54, 1.807) is 7.11 Å². The number of aryl methyl sites for hydroxylation is 1. The van der Waals surface area contributed by atoms with Gasteiger partial charge >= 0.3 is 0 Å². The monoisotopic (exact) mass is 421 g/mol. The molecule has 3 aromatic rings. The predicted octanol–water partition coefficient (Wildman–Crippen LogP) is 4.70. The molecule has 162 valence electrons. The Labute approximate surface area is 182 Å². The number of carbonyl (C=O) groups excluding carboxylic acids is 1. The molecule has 7 heteroatoms. The summed E-state index contributed by atoms with van der Waals surface area (Å²) in [5.41, 5.74) is 3.03. The number of benzene rings is 2. The summed E-state index contributed by atoms with van der Waals surface area (Å²) < 4.78 is 16.8. The van der Waals surface area contributed by atoms with E-state index in [9.17, 15) is 4.79 Å². The molecule has 1 unspecified atom stereocenters. The lowest BCUT2D eigenvalue weighted by Crippen LogP contribution is -2.27. The molecule has 0 N–H and O–H groups in total. The molecule has 0 spiro atoms. The molecular formula is C24H27N3O4. The Bertz CT molecular complexity index is 1060. The van der Waals surface area contributed by atoms with E-state index in [1.807, 2.05) is 56.0 Å². The molecule has 1 atom stereocenters. The van der Waals surface area contributed by atoms with Crippen LogP contribution in [0.4, 0.5) is 0 Å². The Balaban J connectivity index is 1.56. The quantitative estimate of drug-likeness (QED) is 0.550. The topological polar surface area (TPSA) is 77.7 Å². The Morgan fingerprint density at radius 2 is 1.94 bits per heavy atom. The lowest BCUT2D eigenvalue weighted by atomic mass is 10.1. The van der Waals surface area contributed by atoms with Crippen LogP contribution in [0.3, 0.4) is 0 Å². The zero-order valence-electron chi connectivity index (χ0n) is 18.3. The van der Waals surface area contributed by atoms with Gasteiger partial charge in [-0.15, -0.1) is 0 Å². The van der Waals surface area contributed by atoms with E-state index < -0.39 is 0 Å². The number of carbonyl (C=O) groups is 1. The Kier molecular flexibility index (Phi) is 5.93. The number of aromatic nitrogens is 2. The highest BCUT2D eigenvalue weighted by Crippen LogP contribution is 2.36. The largest absolute Gasteiger partial charge is 0.493 e. The van der Waals surface area contributed by atoms with Crippen molar-refractivity contribution in [3.63, 3.8) is 0 Å². The van der Waals surface area contributed by atoms with Crippen LogP contribution in [-0.2, 0) is 11.3 Å². The van der Waals surface area contributed by atoms with Crippen LogP contribution in [0.15, 0.2) is 47.0 Å². The normalized spacial score (nSPS) is 16.2. The molecule has 0 radical (unpaired) electrons. The number of hydrogen-bond donors (Lipinski definition) is 0. The van der Waals surface area contributed by atoms with E-state index in [-0.39, 0.29) is 18.1 Å². The Hall–Kier alpha value is -3.35. The van der Waals surface area contributed by atoms with Crippen molar-refractivity contribution in [2.75, 3.05) is 7.11 Å². The summed E-state index contributed by atoms with van der Waals surface area (Å²) in [6.45, 7) is 6.49. The molecule has 1 aliphatic rings. The van der Waals surface area contributed by atoms with Crippen molar-refractivity contribution < 1.29 is 18.8 Å². The minimum atomic E-state index is -0.222. The van der Waals surface area contributed by atoms with Gasteiger partial charge in [0.25, 0.3) is 0 Å². The molecule has 1 aliphatic heterocycles. The second-order valence-corrected chi connectivity index (χ2v) is 8.05. The average molecular weight is 421 g/mol. The van der Waals surface area contributed by atoms with Crippen LogP contribution < -0.4 is 9.47 Å². The van der Waals surface area contributed by atoms with Crippen LogP contribution in [0.2, 0.25) is 0 Å². The van der Waals surface area contributed by atoms with E-state index in [1.165, 1.54) is 5.56 Å². The predicted molar refractivity (Wildman–Crippen MR) is 116 cm³/mol. The van der Waals surface area contributed by atoms with Gasteiger partial charge in [-0.1, -0.05) is 35.0 Å². The van der Waals surface area contributed by atoms with Crippen LogP contribution >= 0.6 is 0 Å². The third-order valence-corrected chi connectivity index (χ3v) is 5.31. The van der Waals surface area contributed by atoms with Gasteiger partial charge in [0.15, 0.2) is 11.5 Å². The molecule has 1 aromatic heterocycles. The summed E-state index contributed by atoms with van der Waals surface area (Å²) in [4.78, 5) is 18.9. The molecule has 2 heterocycles. The highest BCUT2D eigenvalue weighted by atomic mass is 16.5. The van der Waals surface area contributed by atoms with E-state index in [0.717, 1.165) is 11.1 Å². The number of likely N-dealkylation sites (tertiary alicyclic amines) is 1. The van der Waals surface area contributed by atoms with Crippen molar-refractivity contribution >= 4 is 5.91 Å². The summed E-state index contributed by atoms with van der Waals surface area (Å²) in [7, 11) is 1.60. The zero-order chi connectivity index (χ0) is 22.0. The fourth-order valence-corrected chi connectivity index (χ4v) is 3.72. The van der Waals surface area contributed by atoms with Gasteiger partial charge in [0.2, 0.25) is 17.6 Å². The maximum absolute atomic E-state index is 12.5. The van der Waals surface area contributed by atoms with Gasteiger partial charge in [-0.3, -0.25) is 4.79 Å². The number of nitrogens with zero attached hydrogens (tertiary/aromatic N) is 3. The van der Waals surface area contributed by atoms with Crippen LogP contribution in [0.1, 0.15) is 49.7 Å². The van der Waals surface area contributed by atoms with Gasteiger partial charge in [0.05, 0.1) is 13.2 Å². The van der Waals surface area contributed by atoms with Crippen molar-refractivity contribution in [2.45, 2.75) is 52.3 Å². The minimum absolute atomic E-state index is 0.0379. The molecular weight excluding hydrogens is 394 g/mol. The number of ether oxygens (including phenoxy) is 2. The summed E-state index contributed by atoms with van der Waals surface area (Å²) >= 11 is 0. The molecule has 31 heavy (non-hydrogen) atoms. The van der Waals surface area contributed by atoms with Crippen molar-refractivity contribution in [1.82, 2.24) is 15.0 Å². The van der Waals surface area contributed by atoms with Crippen LogP contribution in [0, 0.1) is 6.92 Å². The number of hydrogen-bond acceptors (Lipinski definition) is 6. The molecule has 7 nitrogen and oxygen atoms in total. The van der Waals surface area contributed by atoms with Gasteiger partial charge in [-0.25, -0.2) is 0 Å². The molecule has 0 aliphatic carbocycles. The SMILES string of the molecule is COc1cc(-c2noc(C3CCC(=O)N3Cc3ccc(C)cc3)n2)ccc1OC(C)C. The first-order valence-corrected chi connectivity index (χ1v) is 10.5. The molecule has 1 amide bonds. The van der Waals surface area contributed by atoms with E-state index >= 15 is 0 Å². The van der Waals surface area contributed by atoms with Gasteiger partial charge in [0.1, 0.15) is 6.04 Å². The van der Waals surface area contributed by atoms with Gasteiger partial charge in [-0.05, 0) is 51.0 Å². The maximum Gasteiger partial charge on any atom is 0.249 e. The van der Waals surface area contributed by atoms with Crippen molar-refractivity contribution in [2.24, 2.45) is 0 Å². The molecule has 0 bridgehead atoms. The zero-order valence-corrected chi connectivity index (χ0v) is 18.3. The van der Waals surface area contributed by atoms with Crippen LogP contribution in [0.25, 0.3) is 11.4 Å². The first-order valence-electron chi connectivity index (χ1n) is 10.5. The lowest BCUT2D eigenvalue weighted by molar-refractivity contribution is -0.129. The first-order chi connectivity index (χ1) is 14.9. The molecule has 1 saturated heterocycles. The third kappa shape index (κ3) is 4.55. The summed E-state index contributed by atoms with van der Waals surface area (Å²) in [5, 5.41) is 4.15. The van der Waals surface area contributed by atoms with E-state index in [0.29, 0.717) is 42.6 Å². The smallest absolute Gasteiger partial charge is 0.249 e. The maximum atomic E-state index is 12.5. The van der Waals surface area contributed by atoms with Crippen LogP contribution in [-0.4, -0.2) is 34.2 Å². The van der Waals surface area contributed by atoms with E-state index in [4.69, 9.17) is 14.0 Å². The average Bonchev–Trinajstić information content (AvgIpc) is 3.37.